The number of esters is 1. The maximum Gasteiger partial charge on any atom is 0.350 e. The summed E-state index contributed by atoms with van der Waals surface area (Å²) in [4.78, 5) is 44.8. The molecule has 2 heterocycles. The fraction of sp³-hybridized carbons (Fsp3) is 0.231. The molecule has 0 bridgehead atoms. The molecular weight excluding hydrogens is 452 g/mol. The number of aliphatic hydroxyl groups excluding tert-OH is 1. The summed E-state index contributed by atoms with van der Waals surface area (Å²) in [5, 5.41) is 11.3. The van der Waals surface area contributed by atoms with Crippen LogP contribution in [0.4, 0.5) is 5.13 Å². The van der Waals surface area contributed by atoms with Crippen molar-refractivity contribution < 1.29 is 24.2 Å². The van der Waals surface area contributed by atoms with Crippen LogP contribution < -0.4 is 4.90 Å². The van der Waals surface area contributed by atoms with Crippen LogP contribution in [-0.2, 0) is 14.3 Å². The summed E-state index contributed by atoms with van der Waals surface area (Å²) in [5.74, 6) is -2.42. The highest BCUT2D eigenvalue weighted by Gasteiger charge is 2.48. The van der Waals surface area contributed by atoms with Crippen molar-refractivity contribution in [1.29, 1.82) is 0 Å². The third-order valence-corrected chi connectivity index (χ3v) is 6.75. The second kappa shape index (κ2) is 9.23. The van der Waals surface area contributed by atoms with Crippen LogP contribution in [-0.4, -0.2) is 34.4 Å². The highest BCUT2D eigenvalue weighted by Crippen LogP contribution is 2.44. The van der Waals surface area contributed by atoms with E-state index in [4.69, 9.17) is 4.74 Å². The van der Waals surface area contributed by atoms with Crippen molar-refractivity contribution >= 4 is 39.9 Å². The Bertz CT molecular complexity index is 1310. The zero-order valence-electron chi connectivity index (χ0n) is 19.3. The predicted octanol–water partition coefficient (Wildman–Crippen LogP) is 4.87. The average molecular weight is 477 g/mol. The number of amides is 1. The summed E-state index contributed by atoms with van der Waals surface area (Å²) in [5.41, 5.74) is 3.46. The van der Waals surface area contributed by atoms with Crippen molar-refractivity contribution in [1.82, 2.24) is 4.98 Å². The molecule has 7 nitrogen and oxygen atoms in total. The first-order chi connectivity index (χ1) is 16.2. The molecule has 174 valence electrons. The highest BCUT2D eigenvalue weighted by atomic mass is 32.1. The van der Waals surface area contributed by atoms with Crippen molar-refractivity contribution in [3.05, 3.63) is 86.9 Å². The molecule has 0 radical (unpaired) electrons. The van der Waals surface area contributed by atoms with Crippen molar-refractivity contribution in [2.24, 2.45) is 0 Å². The molecule has 1 saturated heterocycles. The Kier molecular flexibility index (Phi) is 6.34. The first-order valence-corrected chi connectivity index (χ1v) is 11.6. The fourth-order valence-electron chi connectivity index (χ4n) is 3.83. The summed E-state index contributed by atoms with van der Waals surface area (Å²) in [7, 11) is 0. The Balaban J connectivity index is 1.90. The largest absolute Gasteiger partial charge is 0.507 e. The van der Waals surface area contributed by atoms with Crippen LogP contribution in [0.25, 0.3) is 5.76 Å². The number of Topliss-reactive ketones (excluding diaryl/α,β-unsaturated/α-hetero) is 1. The average Bonchev–Trinajstić information content (AvgIpc) is 3.31. The number of hydrogen-bond donors (Lipinski definition) is 1. The molecule has 1 atom stereocenters. The number of thiazole rings is 1. The molecule has 1 N–H and O–H groups in total. The van der Waals surface area contributed by atoms with Crippen molar-refractivity contribution in [3.63, 3.8) is 0 Å². The smallest absolute Gasteiger partial charge is 0.350 e. The minimum absolute atomic E-state index is 0.0248. The number of rotatable bonds is 5. The normalized spacial score (nSPS) is 17.3. The van der Waals surface area contributed by atoms with Gasteiger partial charge in [0.05, 0.1) is 23.9 Å². The van der Waals surface area contributed by atoms with E-state index in [2.05, 4.69) is 4.98 Å². The maximum absolute atomic E-state index is 13.3. The zero-order chi connectivity index (χ0) is 24.6. The van der Waals surface area contributed by atoms with Crippen LogP contribution in [0.3, 0.4) is 0 Å². The third-order valence-electron chi connectivity index (χ3n) is 5.61. The minimum atomic E-state index is -0.900. The Morgan fingerprint density at radius 2 is 1.62 bits per heavy atom. The Labute approximate surface area is 201 Å². The van der Waals surface area contributed by atoms with Gasteiger partial charge >= 0.3 is 11.9 Å². The molecule has 0 aliphatic carbocycles. The number of ether oxygens (including phenoxy) is 1. The van der Waals surface area contributed by atoms with E-state index in [1.165, 1.54) is 4.90 Å². The molecule has 0 saturated carbocycles. The van der Waals surface area contributed by atoms with Crippen LogP contribution in [0.2, 0.25) is 0 Å². The molecule has 2 aromatic carbocycles. The molecule has 34 heavy (non-hydrogen) atoms. The third kappa shape index (κ3) is 4.12. The van der Waals surface area contributed by atoms with Crippen LogP contribution in [0.15, 0.2) is 54.1 Å². The Hall–Kier alpha value is -3.78. The first kappa shape index (κ1) is 23.4. The topological polar surface area (TPSA) is 96.8 Å². The van der Waals surface area contributed by atoms with Gasteiger partial charge in [-0.15, -0.1) is 0 Å². The number of ketones is 1. The fourth-order valence-corrected chi connectivity index (χ4v) is 4.82. The van der Waals surface area contributed by atoms with Crippen molar-refractivity contribution in [2.75, 3.05) is 11.5 Å². The lowest BCUT2D eigenvalue weighted by molar-refractivity contribution is -0.132. The molecule has 4 rings (SSSR count). The van der Waals surface area contributed by atoms with Gasteiger partial charge < -0.3 is 9.84 Å². The zero-order valence-corrected chi connectivity index (χ0v) is 20.1. The van der Waals surface area contributed by atoms with Gasteiger partial charge in [-0.2, -0.15) is 0 Å². The summed E-state index contributed by atoms with van der Waals surface area (Å²) < 4.78 is 5.10. The molecule has 1 aliphatic rings. The highest BCUT2D eigenvalue weighted by molar-refractivity contribution is 7.17. The Morgan fingerprint density at radius 3 is 2.21 bits per heavy atom. The van der Waals surface area contributed by atoms with E-state index in [1.807, 2.05) is 50.2 Å². The minimum Gasteiger partial charge on any atom is -0.507 e. The number of aromatic nitrogens is 1. The standard InChI is InChI=1S/C26H24N2O5S/c1-5-33-25(32)23-16(4)27-26(34-23)28-20(17-10-6-14(2)7-11-17)19(22(30)24(28)31)21(29)18-12-8-15(3)9-13-18/h6-13,20,29H,5H2,1-4H3/b21-19+/t20-/m0/s1. The van der Waals surface area contributed by atoms with Gasteiger partial charge in [-0.3, -0.25) is 14.5 Å². The summed E-state index contributed by atoms with van der Waals surface area (Å²) in [6.07, 6.45) is 0. The lowest BCUT2D eigenvalue weighted by Crippen LogP contribution is -2.29. The van der Waals surface area contributed by atoms with Crippen molar-refractivity contribution in [3.8, 4) is 0 Å². The predicted molar refractivity (Wildman–Crippen MR) is 130 cm³/mol. The number of benzene rings is 2. The van der Waals surface area contributed by atoms with Crippen LogP contribution in [0, 0.1) is 20.8 Å². The number of nitrogens with zero attached hydrogens (tertiary/aromatic N) is 2. The van der Waals surface area contributed by atoms with Gasteiger partial charge in [0.15, 0.2) is 5.13 Å². The van der Waals surface area contributed by atoms with E-state index in [1.54, 1.807) is 26.0 Å². The molecule has 1 fully saturated rings. The van der Waals surface area contributed by atoms with Crippen LogP contribution in [0.5, 0.6) is 0 Å². The molecule has 8 heteroatoms. The summed E-state index contributed by atoms with van der Waals surface area (Å²) in [6, 6.07) is 13.5. The molecule has 0 unspecified atom stereocenters. The monoisotopic (exact) mass is 476 g/mol. The SMILES string of the molecule is CCOC(=O)c1sc(N2C(=O)C(=O)/C(=C(/O)c3ccc(C)cc3)[C@@H]2c2ccc(C)cc2)nc1C. The van der Waals surface area contributed by atoms with E-state index < -0.39 is 23.7 Å². The van der Waals surface area contributed by atoms with E-state index in [0.717, 1.165) is 22.5 Å². The quantitative estimate of drug-likeness (QED) is 0.244. The molecule has 1 aliphatic heterocycles. The van der Waals surface area contributed by atoms with E-state index in [-0.39, 0.29) is 27.9 Å². The van der Waals surface area contributed by atoms with Gasteiger partial charge in [0.25, 0.3) is 5.78 Å². The van der Waals surface area contributed by atoms with Gasteiger partial charge in [-0.05, 0) is 33.3 Å². The van der Waals surface area contributed by atoms with Crippen molar-refractivity contribution in [2.45, 2.75) is 33.7 Å². The number of carbonyl (C=O) groups excluding carboxylic acids is 3. The molecule has 3 aromatic rings. The number of aliphatic hydroxyl groups is 1. The lowest BCUT2D eigenvalue weighted by atomic mass is 9.94. The van der Waals surface area contributed by atoms with Gasteiger partial charge in [0.2, 0.25) is 0 Å². The lowest BCUT2D eigenvalue weighted by Gasteiger charge is -2.23. The summed E-state index contributed by atoms with van der Waals surface area (Å²) >= 11 is 0.987. The van der Waals surface area contributed by atoms with Crippen LogP contribution in [0.1, 0.15) is 50.6 Å². The van der Waals surface area contributed by atoms with Crippen LogP contribution >= 0.6 is 11.3 Å². The molecule has 1 amide bonds. The number of aryl methyl sites for hydroxylation is 3. The molecule has 0 spiro atoms. The Morgan fingerprint density at radius 1 is 1.03 bits per heavy atom. The summed E-state index contributed by atoms with van der Waals surface area (Å²) in [6.45, 7) is 7.41. The number of carbonyl (C=O) groups is 3. The molecular formula is C26H24N2O5S. The number of anilines is 1. The maximum atomic E-state index is 13.3. The molecule has 1 aromatic heterocycles. The van der Waals surface area contributed by atoms with Gasteiger partial charge in [-0.1, -0.05) is 71.0 Å². The van der Waals surface area contributed by atoms with E-state index in [9.17, 15) is 19.5 Å². The van der Waals surface area contributed by atoms with E-state index in [0.29, 0.717) is 16.8 Å². The second-order valence-corrected chi connectivity index (χ2v) is 9.05. The first-order valence-electron chi connectivity index (χ1n) is 10.8. The van der Waals surface area contributed by atoms with E-state index >= 15 is 0 Å². The van der Waals surface area contributed by atoms with Gasteiger partial charge in [0.1, 0.15) is 10.6 Å². The van der Waals surface area contributed by atoms with Gasteiger partial charge in [0, 0.05) is 5.56 Å². The second-order valence-electron chi connectivity index (χ2n) is 8.08. The van der Waals surface area contributed by atoms with Gasteiger partial charge in [-0.25, -0.2) is 9.78 Å². The number of hydrogen-bond acceptors (Lipinski definition) is 7.